The number of imidazole rings is 1. The molecular weight excluding hydrogens is 190 g/mol. The molecule has 1 heterocycles. The summed E-state index contributed by atoms with van der Waals surface area (Å²) in [5.41, 5.74) is 0. The molecule has 1 amide bonds. The number of nitrogens with zero attached hydrogens (tertiary/aromatic N) is 1. The molecule has 4 nitrogen and oxygen atoms in total. The molecule has 0 aromatic carbocycles. The third-order valence-electron chi connectivity index (χ3n) is 2.18. The molecule has 0 bridgehead atoms. The van der Waals surface area contributed by atoms with Gasteiger partial charge in [-0.15, -0.1) is 0 Å². The van der Waals surface area contributed by atoms with Crippen molar-refractivity contribution in [2.45, 2.75) is 40.0 Å². The van der Waals surface area contributed by atoms with Crippen molar-refractivity contribution in [1.29, 1.82) is 0 Å². The van der Waals surface area contributed by atoms with E-state index in [9.17, 15) is 4.79 Å². The van der Waals surface area contributed by atoms with Crippen LogP contribution in [0.2, 0.25) is 0 Å². The molecule has 0 aliphatic rings. The fourth-order valence-electron chi connectivity index (χ4n) is 1.17. The van der Waals surface area contributed by atoms with Crippen molar-refractivity contribution in [2.24, 2.45) is 5.92 Å². The number of hydrogen-bond donors (Lipinski definition) is 2. The van der Waals surface area contributed by atoms with Crippen LogP contribution in [-0.4, -0.2) is 15.9 Å². The number of aromatic amines is 1. The quantitative estimate of drug-likeness (QED) is 0.782. The molecule has 84 valence electrons. The summed E-state index contributed by atoms with van der Waals surface area (Å²) in [5.74, 6) is 1.64. The highest BCUT2D eigenvalue weighted by atomic mass is 16.1. The van der Waals surface area contributed by atoms with Gasteiger partial charge in [-0.25, -0.2) is 4.98 Å². The number of nitrogens with one attached hydrogen (secondary N) is 2. The minimum absolute atomic E-state index is 0.00704. The summed E-state index contributed by atoms with van der Waals surface area (Å²) in [6, 6.07) is 0. The second-order valence-electron chi connectivity index (χ2n) is 3.99. The predicted octanol–water partition coefficient (Wildman–Crippen LogP) is 2.35. The summed E-state index contributed by atoms with van der Waals surface area (Å²) >= 11 is 0. The van der Waals surface area contributed by atoms with Crippen molar-refractivity contribution in [3.63, 3.8) is 0 Å². The average Bonchev–Trinajstić information content (AvgIpc) is 2.62. The maximum absolute atomic E-state index is 11.4. The smallest absolute Gasteiger partial charge is 0.228 e. The lowest BCUT2D eigenvalue weighted by Gasteiger charge is -2.04. The van der Waals surface area contributed by atoms with Crippen LogP contribution in [-0.2, 0) is 11.2 Å². The van der Waals surface area contributed by atoms with E-state index in [1.165, 1.54) is 0 Å². The number of rotatable bonds is 5. The third kappa shape index (κ3) is 3.73. The summed E-state index contributed by atoms with van der Waals surface area (Å²) < 4.78 is 0. The van der Waals surface area contributed by atoms with Gasteiger partial charge < -0.3 is 10.3 Å². The lowest BCUT2D eigenvalue weighted by Crippen LogP contribution is -2.17. The highest BCUT2D eigenvalue weighted by molar-refractivity contribution is 5.91. The van der Waals surface area contributed by atoms with Gasteiger partial charge in [0.1, 0.15) is 11.6 Å². The van der Waals surface area contributed by atoms with Crippen LogP contribution < -0.4 is 5.32 Å². The molecule has 4 heteroatoms. The lowest BCUT2D eigenvalue weighted by atomic mass is 10.2. The molecule has 0 radical (unpaired) electrons. The van der Waals surface area contributed by atoms with Gasteiger partial charge in [0.25, 0.3) is 0 Å². The molecule has 0 atom stereocenters. The zero-order valence-corrected chi connectivity index (χ0v) is 9.63. The Hall–Kier alpha value is -1.32. The van der Waals surface area contributed by atoms with Gasteiger partial charge in [-0.2, -0.15) is 0 Å². The Labute approximate surface area is 90.5 Å². The molecule has 0 unspecified atom stereocenters. The molecule has 1 aromatic rings. The monoisotopic (exact) mass is 209 g/mol. The van der Waals surface area contributed by atoms with Crippen LogP contribution in [0.4, 0.5) is 5.82 Å². The zero-order valence-electron chi connectivity index (χ0n) is 9.63. The summed E-state index contributed by atoms with van der Waals surface area (Å²) in [6.45, 7) is 5.87. The van der Waals surface area contributed by atoms with Gasteiger partial charge in [0.2, 0.25) is 5.91 Å². The van der Waals surface area contributed by atoms with Crippen LogP contribution in [0.3, 0.4) is 0 Å². The van der Waals surface area contributed by atoms with E-state index >= 15 is 0 Å². The highest BCUT2D eigenvalue weighted by Gasteiger charge is 2.08. The SMILES string of the molecule is CCCCc1ncc(NC(=O)C(C)C)[nH]1. The molecule has 0 aliphatic heterocycles. The first-order chi connectivity index (χ1) is 7.13. The van der Waals surface area contributed by atoms with E-state index in [2.05, 4.69) is 22.2 Å². The van der Waals surface area contributed by atoms with Crippen LogP contribution in [0.15, 0.2) is 6.20 Å². The molecule has 1 rings (SSSR count). The standard InChI is InChI=1S/C11H19N3O/c1-4-5-6-9-12-7-10(13-9)14-11(15)8(2)3/h7-8H,4-6H2,1-3H3,(H,12,13)(H,14,15). The van der Waals surface area contributed by atoms with Crippen molar-refractivity contribution in [3.05, 3.63) is 12.0 Å². The van der Waals surface area contributed by atoms with Gasteiger partial charge in [0.15, 0.2) is 0 Å². The maximum atomic E-state index is 11.4. The summed E-state index contributed by atoms with van der Waals surface area (Å²) in [5, 5.41) is 2.78. The fourth-order valence-corrected chi connectivity index (χ4v) is 1.17. The van der Waals surface area contributed by atoms with Gasteiger partial charge in [-0.3, -0.25) is 4.79 Å². The van der Waals surface area contributed by atoms with E-state index in [-0.39, 0.29) is 11.8 Å². The summed E-state index contributed by atoms with van der Waals surface area (Å²) in [4.78, 5) is 18.7. The van der Waals surface area contributed by atoms with Gasteiger partial charge in [-0.1, -0.05) is 27.2 Å². The first-order valence-corrected chi connectivity index (χ1v) is 5.48. The Morgan fingerprint density at radius 2 is 2.33 bits per heavy atom. The second-order valence-corrected chi connectivity index (χ2v) is 3.99. The summed E-state index contributed by atoms with van der Waals surface area (Å²) in [6.07, 6.45) is 4.87. The first-order valence-electron chi connectivity index (χ1n) is 5.48. The number of unbranched alkanes of at least 4 members (excludes halogenated alkanes) is 1. The Morgan fingerprint density at radius 3 is 2.93 bits per heavy atom. The van der Waals surface area contributed by atoms with E-state index in [1.54, 1.807) is 6.20 Å². The van der Waals surface area contributed by atoms with E-state index in [0.717, 1.165) is 25.1 Å². The van der Waals surface area contributed by atoms with Crippen LogP contribution >= 0.6 is 0 Å². The molecule has 0 aliphatic carbocycles. The van der Waals surface area contributed by atoms with Gasteiger partial charge in [0, 0.05) is 12.3 Å². The molecule has 0 saturated heterocycles. The number of carbonyl (C=O) groups excluding carboxylic acids is 1. The normalized spacial score (nSPS) is 10.7. The number of carbonyl (C=O) groups is 1. The Balaban J connectivity index is 2.49. The second kappa shape index (κ2) is 5.53. The molecule has 1 aromatic heterocycles. The number of H-pyrrole nitrogens is 1. The van der Waals surface area contributed by atoms with Gasteiger partial charge in [0.05, 0.1) is 6.20 Å². The van der Waals surface area contributed by atoms with Crippen molar-refractivity contribution in [1.82, 2.24) is 9.97 Å². The molecule has 2 N–H and O–H groups in total. The number of anilines is 1. The molecule has 0 spiro atoms. The van der Waals surface area contributed by atoms with E-state index in [1.807, 2.05) is 13.8 Å². The minimum Gasteiger partial charge on any atom is -0.329 e. The third-order valence-corrected chi connectivity index (χ3v) is 2.18. The minimum atomic E-state index is -0.00704. The average molecular weight is 209 g/mol. The van der Waals surface area contributed by atoms with Crippen LogP contribution in [0.5, 0.6) is 0 Å². The van der Waals surface area contributed by atoms with Crippen molar-refractivity contribution in [2.75, 3.05) is 5.32 Å². The number of hydrogen-bond acceptors (Lipinski definition) is 2. The number of amides is 1. The molecule has 15 heavy (non-hydrogen) atoms. The summed E-state index contributed by atoms with van der Waals surface area (Å²) in [7, 11) is 0. The Morgan fingerprint density at radius 1 is 1.60 bits per heavy atom. The van der Waals surface area contributed by atoms with E-state index in [0.29, 0.717) is 5.82 Å². The largest absolute Gasteiger partial charge is 0.329 e. The zero-order chi connectivity index (χ0) is 11.3. The van der Waals surface area contributed by atoms with Crippen molar-refractivity contribution in [3.8, 4) is 0 Å². The molecule has 0 saturated carbocycles. The van der Waals surface area contributed by atoms with Crippen molar-refractivity contribution < 1.29 is 4.79 Å². The topological polar surface area (TPSA) is 57.8 Å². The Kier molecular flexibility index (Phi) is 4.34. The van der Waals surface area contributed by atoms with Crippen molar-refractivity contribution >= 4 is 11.7 Å². The van der Waals surface area contributed by atoms with E-state index in [4.69, 9.17) is 0 Å². The van der Waals surface area contributed by atoms with Crippen LogP contribution in [0.25, 0.3) is 0 Å². The van der Waals surface area contributed by atoms with Gasteiger partial charge >= 0.3 is 0 Å². The highest BCUT2D eigenvalue weighted by Crippen LogP contribution is 2.07. The maximum Gasteiger partial charge on any atom is 0.228 e. The van der Waals surface area contributed by atoms with Crippen LogP contribution in [0, 0.1) is 5.92 Å². The Bertz CT molecular complexity index is 317. The number of aryl methyl sites for hydroxylation is 1. The predicted molar refractivity (Wildman–Crippen MR) is 60.7 cm³/mol. The number of aromatic nitrogens is 2. The molecule has 0 fully saturated rings. The van der Waals surface area contributed by atoms with Gasteiger partial charge in [-0.05, 0) is 6.42 Å². The van der Waals surface area contributed by atoms with E-state index < -0.39 is 0 Å². The fraction of sp³-hybridized carbons (Fsp3) is 0.636. The lowest BCUT2D eigenvalue weighted by molar-refractivity contribution is -0.118. The molecular formula is C11H19N3O. The van der Waals surface area contributed by atoms with Crippen LogP contribution in [0.1, 0.15) is 39.4 Å². The first kappa shape index (κ1) is 11.8.